The summed E-state index contributed by atoms with van der Waals surface area (Å²) in [5.74, 6) is 0.526. The highest BCUT2D eigenvalue weighted by atomic mass is 15.1. The first kappa shape index (κ1) is 12.6. The number of nitrogens with two attached hydrogens (primary N) is 1. The summed E-state index contributed by atoms with van der Waals surface area (Å²) in [6.45, 7) is 6.94. The Hall–Kier alpha value is -1.51. The first-order valence-corrected chi connectivity index (χ1v) is 5.74. The van der Waals surface area contributed by atoms with Gasteiger partial charge in [0.1, 0.15) is 0 Å². The Labute approximate surface area is 97.8 Å². The Morgan fingerprint density at radius 2 is 2.12 bits per heavy atom. The van der Waals surface area contributed by atoms with Crippen LogP contribution in [0.4, 0.5) is 0 Å². The van der Waals surface area contributed by atoms with Crippen molar-refractivity contribution in [3.05, 3.63) is 35.4 Å². The smallest absolute Gasteiger partial charge is 0.189 e. The fourth-order valence-electron chi connectivity index (χ4n) is 1.36. The number of nitrogens with one attached hydrogen (secondary N) is 1. The molecule has 1 aromatic rings. The van der Waals surface area contributed by atoms with Crippen LogP contribution in [0.15, 0.2) is 29.3 Å². The minimum Gasteiger partial charge on any atom is -0.370 e. The number of aliphatic imine (C=N–C) groups is 1. The third-order valence-electron chi connectivity index (χ3n) is 2.69. The molecule has 1 atom stereocenters. The van der Waals surface area contributed by atoms with E-state index >= 15 is 0 Å². The molecular weight excluding hydrogens is 198 g/mol. The maximum atomic E-state index is 5.79. The standard InChI is InChI=1S/C13H21N3/c1-4-11(3)16-13(14)15-9-12-8-6-5-7-10(12)2/h5-8,11H,4,9H2,1-3H3,(H3,14,15,16). The van der Waals surface area contributed by atoms with Gasteiger partial charge in [-0.15, -0.1) is 0 Å². The number of hydrogen-bond donors (Lipinski definition) is 2. The lowest BCUT2D eigenvalue weighted by Crippen LogP contribution is -2.38. The maximum absolute atomic E-state index is 5.79. The van der Waals surface area contributed by atoms with Crippen molar-refractivity contribution in [3.63, 3.8) is 0 Å². The number of guanidine groups is 1. The zero-order chi connectivity index (χ0) is 12.0. The van der Waals surface area contributed by atoms with E-state index in [0.29, 0.717) is 18.5 Å². The number of hydrogen-bond acceptors (Lipinski definition) is 1. The van der Waals surface area contributed by atoms with Gasteiger partial charge in [-0.05, 0) is 31.4 Å². The average molecular weight is 219 g/mol. The molecule has 0 bridgehead atoms. The Morgan fingerprint density at radius 1 is 1.44 bits per heavy atom. The highest BCUT2D eigenvalue weighted by molar-refractivity contribution is 5.78. The molecule has 0 radical (unpaired) electrons. The third-order valence-corrected chi connectivity index (χ3v) is 2.69. The van der Waals surface area contributed by atoms with E-state index in [0.717, 1.165) is 6.42 Å². The number of nitrogens with zero attached hydrogens (tertiary/aromatic N) is 1. The molecule has 0 fully saturated rings. The van der Waals surface area contributed by atoms with Crippen molar-refractivity contribution >= 4 is 5.96 Å². The van der Waals surface area contributed by atoms with Crippen molar-refractivity contribution in [2.75, 3.05) is 0 Å². The zero-order valence-electron chi connectivity index (χ0n) is 10.3. The van der Waals surface area contributed by atoms with Crippen molar-refractivity contribution in [3.8, 4) is 0 Å². The summed E-state index contributed by atoms with van der Waals surface area (Å²) in [6, 6.07) is 8.60. The highest BCUT2D eigenvalue weighted by Gasteiger charge is 1.99. The van der Waals surface area contributed by atoms with E-state index in [2.05, 4.69) is 43.2 Å². The number of aryl methyl sites for hydroxylation is 1. The first-order valence-electron chi connectivity index (χ1n) is 5.74. The van der Waals surface area contributed by atoms with Crippen molar-refractivity contribution in [2.45, 2.75) is 39.8 Å². The number of rotatable bonds is 4. The van der Waals surface area contributed by atoms with Crippen LogP contribution in [0.1, 0.15) is 31.4 Å². The molecule has 16 heavy (non-hydrogen) atoms. The van der Waals surface area contributed by atoms with Crippen molar-refractivity contribution in [1.82, 2.24) is 5.32 Å². The quantitative estimate of drug-likeness (QED) is 0.602. The topological polar surface area (TPSA) is 50.4 Å². The van der Waals surface area contributed by atoms with Crippen LogP contribution >= 0.6 is 0 Å². The van der Waals surface area contributed by atoms with E-state index in [4.69, 9.17) is 5.73 Å². The normalized spacial score (nSPS) is 13.6. The SMILES string of the molecule is CCC(C)NC(N)=NCc1ccccc1C. The summed E-state index contributed by atoms with van der Waals surface area (Å²) < 4.78 is 0. The van der Waals surface area contributed by atoms with Crippen LogP contribution in [-0.4, -0.2) is 12.0 Å². The fourth-order valence-corrected chi connectivity index (χ4v) is 1.36. The van der Waals surface area contributed by atoms with Crippen molar-refractivity contribution < 1.29 is 0 Å². The molecule has 1 aromatic carbocycles. The minimum absolute atomic E-state index is 0.376. The minimum atomic E-state index is 0.376. The molecular formula is C13H21N3. The molecule has 1 unspecified atom stereocenters. The molecule has 0 saturated heterocycles. The maximum Gasteiger partial charge on any atom is 0.189 e. The molecule has 3 nitrogen and oxygen atoms in total. The monoisotopic (exact) mass is 219 g/mol. The summed E-state index contributed by atoms with van der Waals surface area (Å²) in [7, 11) is 0. The van der Waals surface area contributed by atoms with Gasteiger partial charge in [0.2, 0.25) is 0 Å². The molecule has 3 N–H and O–H groups in total. The molecule has 0 saturated carbocycles. The van der Waals surface area contributed by atoms with Crippen LogP contribution in [0.5, 0.6) is 0 Å². The lowest BCUT2D eigenvalue weighted by atomic mass is 10.1. The molecule has 0 aliphatic carbocycles. The predicted octanol–water partition coefficient (Wildman–Crippen LogP) is 2.20. The third kappa shape index (κ3) is 3.93. The van der Waals surface area contributed by atoms with Crippen LogP contribution < -0.4 is 11.1 Å². The van der Waals surface area contributed by atoms with Crippen LogP contribution in [0.25, 0.3) is 0 Å². The van der Waals surface area contributed by atoms with Gasteiger partial charge in [0.15, 0.2) is 5.96 Å². The molecule has 0 amide bonds. The second-order valence-electron chi connectivity index (χ2n) is 4.08. The zero-order valence-corrected chi connectivity index (χ0v) is 10.3. The van der Waals surface area contributed by atoms with E-state index in [9.17, 15) is 0 Å². The molecule has 0 heterocycles. The Morgan fingerprint density at radius 3 is 2.75 bits per heavy atom. The molecule has 1 rings (SSSR count). The summed E-state index contributed by atoms with van der Waals surface area (Å²) in [5, 5.41) is 3.15. The van der Waals surface area contributed by atoms with E-state index in [1.807, 2.05) is 12.1 Å². The van der Waals surface area contributed by atoms with Gasteiger partial charge in [0.05, 0.1) is 6.54 Å². The van der Waals surface area contributed by atoms with E-state index in [-0.39, 0.29) is 0 Å². The molecule has 0 spiro atoms. The highest BCUT2D eigenvalue weighted by Crippen LogP contribution is 2.07. The van der Waals surface area contributed by atoms with Crippen LogP contribution in [0.3, 0.4) is 0 Å². The van der Waals surface area contributed by atoms with E-state index in [1.165, 1.54) is 11.1 Å². The van der Waals surface area contributed by atoms with Gasteiger partial charge in [-0.2, -0.15) is 0 Å². The fraction of sp³-hybridized carbons (Fsp3) is 0.462. The van der Waals surface area contributed by atoms with Gasteiger partial charge in [-0.1, -0.05) is 31.2 Å². The largest absolute Gasteiger partial charge is 0.370 e. The first-order chi connectivity index (χ1) is 7.63. The summed E-state index contributed by atoms with van der Waals surface area (Å²) in [6.07, 6.45) is 1.04. The van der Waals surface area contributed by atoms with Gasteiger partial charge in [0, 0.05) is 6.04 Å². The Bertz CT molecular complexity index is 358. The second kappa shape index (κ2) is 6.16. The van der Waals surface area contributed by atoms with Gasteiger partial charge in [-0.3, -0.25) is 0 Å². The number of benzene rings is 1. The Balaban J connectivity index is 2.56. The molecule has 3 heteroatoms. The lowest BCUT2D eigenvalue weighted by molar-refractivity contribution is 0.636. The molecule has 0 aliphatic rings. The van der Waals surface area contributed by atoms with Gasteiger partial charge in [0.25, 0.3) is 0 Å². The lowest BCUT2D eigenvalue weighted by Gasteiger charge is -2.11. The summed E-state index contributed by atoms with van der Waals surface area (Å²) in [4.78, 5) is 4.33. The van der Waals surface area contributed by atoms with Gasteiger partial charge < -0.3 is 11.1 Å². The summed E-state index contributed by atoms with van der Waals surface area (Å²) >= 11 is 0. The average Bonchev–Trinajstić information content (AvgIpc) is 2.28. The van der Waals surface area contributed by atoms with Gasteiger partial charge >= 0.3 is 0 Å². The van der Waals surface area contributed by atoms with Crippen LogP contribution in [0, 0.1) is 6.92 Å². The van der Waals surface area contributed by atoms with Crippen LogP contribution in [0.2, 0.25) is 0 Å². The Kier molecular flexibility index (Phi) is 4.83. The molecule has 0 aromatic heterocycles. The molecule has 0 aliphatic heterocycles. The summed E-state index contributed by atoms with van der Waals surface area (Å²) in [5.41, 5.74) is 8.26. The van der Waals surface area contributed by atoms with Gasteiger partial charge in [-0.25, -0.2) is 4.99 Å². The second-order valence-corrected chi connectivity index (χ2v) is 4.08. The van der Waals surface area contributed by atoms with E-state index < -0.39 is 0 Å². The van der Waals surface area contributed by atoms with Crippen molar-refractivity contribution in [2.24, 2.45) is 10.7 Å². The van der Waals surface area contributed by atoms with Crippen LogP contribution in [-0.2, 0) is 6.54 Å². The predicted molar refractivity (Wildman–Crippen MR) is 69.4 cm³/mol. The van der Waals surface area contributed by atoms with Crippen molar-refractivity contribution in [1.29, 1.82) is 0 Å². The van der Waals surface area contributed by atoms with E-state index in [1.54, 1.807) is 0 Å². The molecule has 88 valence electrons.